The second-order valence-corrected chi connectivity index (χ2v) is 7.79. The average molecular weight is 494 g/mol. The molecule has 0 bridgehead atoms. The fraction of sp³-hybridized carbons (Fsp3) is 0.0870. The van der Waals surface area contributed by atoms with Gasteiger partial charge < -0.3 is 15.6 Å². The van der Waals surface area contributed by atoms with Crippen molar-refractivity contribution in [1.82, 2.24) is 23.9 Å². The molecule has 0 unspecified atom stereocenters. The first kappa shape index (κ1) is 22.8. The van der Waals surface area contributed by atoms with E-state index >= 15 is 0 Å². The Kier molecular flexibility index (Phi) is 5.10. The summed E-state index contributed by atoms with van der Waals surface area (Å²) in [6, 6.07) is 7.08. The molecule has 180 valence electrons. The molecule has 1 aromatic carbocycles. The summed E-state index contributed by atoms with van der Waals surface area (Å²) in [4.78, 5) is 25.2. The van der Waals surface area contributed by atoms with Gasteiger partial charge in [0.05, 0.1) is 22.8 Å². The maximum Gasteiger partial charge on any atom is 0.416 e. The van der Waals surface area contributed by atoms with Crippen LogP contribution in [0.15, 0.2) is 49.1 Å². The van der Waals surface area contributed by atoms with Gasteiger partial charge >= 0.3 is 6.18 Å². The first-order valence-corrected chi connectivity index (χ1v) is 10.2. The number of nitrogen functional groups attached to an aromatic ring is 1. The number of aryl methyl sites for hydroxylation is 1. The number of carbonyl (C=O) groups is 1. The molecule has 0 aliphatic heterocycles. The lowest BCUT2D eigenvalue weighted by molar-refractivity contribution is -0.137. The standard InChI is InChI=1S/C23H14F4N8O/c1-34-15(8-28)18(19-20(29)31-10-32-21(19)34)11-4-5-35-16(9-30-17(35)6-11)22(36)33-14-7-12(23(25,26)27)2-3-13(14)24/h2-7,9-10H,1H3,(H,33,36)(H2,29,31,32). The van der Waals surface area contributed by atoms with E-state index in [-0.39, 0.29) is 17.2 Å². The highest BCUT2D eigenvalue weighted by atomic mass is 19.4. The quantitative estimate of drug-likeness (QED) is 0.363. The molecule has 36 heavy (non-hydrogen) atoms. The number of rotatable bonds is 3. The van der Waals surface area contributed by atoms with Crippen LogP contribution in [-0.2, 0) is 13.2 Å². The zero-order valence-corrected chi connectivity index (χ0v) is 18.3. The average Bonchev–Trinajstić information content (AvgIpc) is 3.38. The van der Waals surface area contributed by atoms with Crippen molar-refractivity contribution < 1.29 is 22.4 Å². The number of nitrogens with zero attached hydrogens (tertiary/aromatic N) is 6. The molecule has 5 rings (SSSR count). The van der Waals surface area contributed by atoms with Crippen molar-refractivity contribution in [2.45, 2.75) is 6.18 Å². The Morgan fingerprint density at radius 3 is 2.67 bits per heavy atom. The number of halogens is 4. The summed E-state index contributed by atoms with van der Waals surface area (Å²) in [5.41, 5.74) is 6.36. The molecule has 13 heteroatoms. The Morgan fingerprint density at radius 1 is 1.17 bits per heavy atom. The van der Waals surface area contributed by atoms with Crippen molar-refractivity contribution in [2.24, 2.45) is 7.05 Å². The summed E-state index contributed by atoms with van der Waals surface area (Å²) in [6.07, 6.45) is -0.718. The van der Waals surface area contributed by atoms with Crippen LogP contribution in [0.5, 0.6) is 0 Å². The number of anilines is 2. The summed E-state index contributed by atoms with van der Waals surface area (Å²) in [5.74, 6) is -1.71. The Bertz CT molecular complexity index is 1730. The monoisotopic (exact) mass is 494 g/mol. The molecule has 5 aromatic rings. The van der Waals surface area contributed by atoms with Gasteiger partial charge in [0.15, 0.2) is 0 Å². The maximum absolute atomic E-state index is 14.1. The fourth-order valence-corrected chi connectivity index (χ4v) is 3.98. The topological polar surface area (TPSA) is 127 Å². The van der Waals surface area contributed by atoms with Crippen LogP contribution in [0.1, 0.15) is 21.7 Å². The van der Waals surface area contributed by atoms with Crippen LogP contribution in [0.2, 0.25) is 0 Å². The third kappa shape index (κ3) is 3.56. The molecule has 4 aromatic heterocycles. The van der Waals surface area contributed by atoms with Crippen molar-refractivity contribution >= 4 is 34.1 Å². The van der Waals surface area contributed by atoms with Gasteiger partial charge in [0, 0.05) is 18.8 Å². The number of nitrogens with one attached hydrogen (secondary N) is 1. The molecule has 9 nitrogen and oxygen atoms in total. The van der Waals surface area contributed by atoms with Gasteiger partial charge in [-0.15, -0.1) is 0 Å². The Labute approximate surface area is 199 Å². The highest BCUT2D eigenvalue weighted by Gasteiger charge is 2.31. The maximum atomic E-state index is 14.1. The van der Waals surface area contributed by atoms with Crippen molar-refractivity contribution in [2.75, 3.05) is 11.1 Å². The number of amides is 1. The predicted octanol–water partition coefficient (Wildman–Crippen LogP) is 4.15. The summed E-state index contributed by atoms with van der Waals surface area (Å²) in [5, 5.41) is 12.4. The number of benzene rings is 1. The van der Waals surface area contributed by atoms with Gasteiger partial charge in [0.25, 0.3) is 5.91 Å². The molecule has 4 heterocycles. The third-order valence-electron chi connectivity index (χ3n) is 5.68. The molecule has 0 fully saturated rings. The van der Waals surface area contributed by atoms with Gasteiger partial charge in [0.1, 0.15) is 46.7 Å². The number of hydrogen-bond acceptors (Lipinski definition) is 6. The Hall–Kier alpha value is -4.99. The number of nitriles is 1. The van der Waals surface area contributed by atoms with Gasteiger partial charge in [0.2, 0.25) is 0 Å². The number of hydrogen-bond donors (Lipinski definition) is 2. The first-order chi connectivity index (χ1) is 17.1. The van der Waals surface area contributed by atoms with E-state index in [1.807, 2.05) is 0 Å². The Morgan fingerprint density at radius 2 is 1.94 bits per heavy atom. The largest absolute Gasteiger partial charge is 0.416 e. The summed E-state index contributed by atoms with van der Waals surface area (Å²) >= 11 is 0. The number of carbonyl (C=O) groups excluding carboxylic acids is 1. The van der Waals surface area contributed by atoms with Crippen molar-refractivity contribution in [3.8, 4) is 17.2 Å². The van der Waals surface area contributed by atoms with Crippen LogP contribution in [-0.4, -0.2) is 29.8 Å². The molecule has 0 aliphatic carbocycles. The van der Waals surface area contributed by atoms with E-state index in [2.05, 4.69) is 26.3 Å². The highest BCUT2D eigenvalue weighted by Crippen LogP contribution is 2.36. The van der Waals surface area contributed by atoms with E-state index in [9.17, 15) is 27.6 Å². The minimum atomic E-state index is -4.70. The highest BCUT2D eigenvalue weighted by molar-refractivity contribution is 6.05. The van der Waals surface area contributed by atoms with Crippen molar-refractivity contribution in [3.63, 3.8) is 0 Å². The fourth-order valence-electron chi connectivity index (χ4n) is 3.98. The summed E-state index contributed by atoms with van der Waals surface area (Å²) in [7, 11) is 1.67. The number of nitrogens with two attached hydrogens (primary N) is 1. The molecule has 0 saturated heterocycles. The van der Waals surface area contributed by atoms with E-state index in [1.54, 1.807) is 23.7 Å². The molecule has 0 aliphatic rings. The van der Waals surface area contributed by atoms with Gasteiger partial charge in [-0.05, 0) is 35.9 Å². The number of imidazole rings is 1. The first-order valence-electron chi connectivity index (χ1n) is 10.2. The molecule has 0 saturated carbocycles. The van der Waals surface area contributed by atoms with Gasteiger partial charge in [-0.3, -0.25) is 9.20 Å². The number of aromatic nitrogens is 5. The molecular weight excluding hydrogens is 480 g/mol. The van der Waals surface area contributed by atoms with E-state index in [1.165, 1.54) is 23.1 Å². The van der Waals surface area contributed by atoms with E-state index in [4.69, 9.17) is 5.73 Å². The number of alkyl halides is 3. The molecular formula is C23H14F4N8O. The second-order valence-electron chi connectivity index (χ2n) is 7.79. The van der Waals surface area contributed by atoms with E-state index < -0.39 is 29.2 Å². The third-order valence-corrected chi connectivity index (χ3v) is 5.68. The van der Waals surface area contributed by atoms with Gasteiger partial charge in [-0.1, -0.05) is 0 Å². The zero-order valence-electron chi connectivity index (χ0n) is 18.3. The zero-order chi connectivity index (χ0) is 25.8. The lowest BCUT2D eigenvalue weighted by Gasteiger charge is -2.11. The smallest absolute Gasteiger partial charge is 0.383 e. The van der Waals surface area contributed by atoms with Crippen LogP contribution >= 0.6 is 0 Å². The summed E-state index contributed by atoms with van der Waals surface area (Å²) < 4.78 is 56.0. The van der Waals surface area contributed by atoms with Crippen LogP contribution in [0.3, 0.4) is 0 Å². The number of fused-ring (bicyclic) bond motifs is 2. The van der Waals surface area contributed by atoms with Crippen LogP contribution in [0.25, 0.3) is 27.8 Å². The lowest BCUT2D eigenvalue weighted by Crippen LogP contribution is -2.16. The molecule has 0 atom stereocenters. The molecule has 1 amide bonds. The van der Waals surface area contributed by atoms with Crippen LogP contribution in [0.4, 0.5) is 29.1 Å². The van der Waals surface area contributed by atoms with Crippen LogP contribution < -0.4 is 11.1 Å². The van der Waals surface area contributed by atoms with Gasteiger partial charge in [-0.2, -0.15) is 18.4 Å². The van der Waals surface area contributed by atoms with Crippen LogP contribution in [0, 0.1) is 17.1 Å². The predicted molar refractivity (Wildman–Crippen MR) is 121 cm³/mol. The van der Waals surface area contributed by atoms with Gasteiger partial charge in [-0.25, -0.2) is 19.3 Å². The van der Waals surface area contributed by atoms with Crippen molar-refractivity contribution in [3.05, 3.63) is 71.8 Å². The minimum Gasteiger partial charge on any atom is -0.383 e. The summed E-state index contributed by atoms with van der Waals surface area (Å²) in [6.45, 7) is 0. The molecule has 3 N–H and O–H groups in total. The normalized spacial score (nSPS) is 11.7. The van der Waals surface area contributed by atoms with E-state index in [0.29, 0.717) is 46.0 Å². The second kappa shape index (κ2) is 8.05. The molecule has 0 radical (unpaired) electrons. The van der Waals surface area contributed by atoms with Crippen molar-refractivity contribution in [1.29, 1.82) is 5.26 Å². The Balaban J connectivity index is 1.55. The minimum absolute atomic E-state index is 0.0466. The SMILES string of the molecule is Cn1c(C#N)c(-c2ccn3c(C(=O)Nc4cc(C(F)(F)F)ccc4F)cnc3c2)c2c(N)ncnc21. The lowest BCUT2D eigenvalue weighted by atomic mass is 10.0. The molecule has 0 spiro atoms. The number of pyridine rings is 1. The van der Waals surface area contributed by atoms with E-state index in [0.717, 1.165) is 0 Å².